The van der Waals surface area contributed by atoms with Crippen molar-refractivity contribution in [3.8, 4) is 0 Å². The molecule has 6 fully saturated rings. The van der Waals surface area contributed by atoms with Crippen LogP contribution in [0.3, 0.4) is 0 Å². The molecule has 6 aliphatic rings. The molecule has 0 aromatic heterocycles. The molecule has 0 bridgehead atoms. The molecule has 39 heavy (non-hydrogen) atoms. The summed E-state index contributed by atoms with van der Waals surface area (Å²) in [4.78, 5) is 0. The Kier molecular flexibility index (Phi) is 7.64. The third-order valence-corrected chi connectivity index (χ3v) is 7.20. The van der Waals surface area contributed by atoms with E-state index in [4.69, 9.17) is 57.5 Å². The zero-order valence-electron chi connectivity index (χ0n) is 24.1. The fourth-order valence-corrected chi connectivity index (χ4v) is 5.77. The van der Waals surface area contributed by atoms with Crippen molar-refractivity contribution in [1.29, 1.82) is 5.41 Å². The van der Waals surface area contributed by atoms with Gasteiger partial charge in [-0.15, -0.1) is 0 Å². The summed E-state index contributed by atoms with van der Waals surface area (Å²) in [5, 5.41) is 17.5. The number of aliphatic hydroxyl groups is 1. The van der Waals surface area contributed by atoms with E-state index in [1.807, 2.05) is 55.4 Å². The van der Waals surface area contributed by atoms with Crippen molar-refractivity contribution >= 4 is 5.90 Å². The molecule has 2 N–H and O–H groups in total. The molecule has 0 spiro atoms. The van der Waals surface area contributed by atoms with Crippen LogP contribution >= 0.6 is 0 Å². The van der Waals surface area contributed by atoms with E-state index >= 15 is 0 Å². The molecule has 224 valence electrons. The predicted molar refractivity (Wildman–Crippen MR) is 131 cm³/mol. The van der Waals surface area contributed by atoms with Gasteiger partial charge in [0.05, 0.1) is 13.2 Å². The number of hydrogen-bond acceptors (Lipinski definition) is 13. The van der Waals surface area contributed by atoms with E-state index in [0.717, 1.165) is 0 Å². The topological polar surface area (TPSA) is 146 Å². The first kappa shape index (κ1) is 29.5. The molecule has 0 unspecified atom stereocenters. The number of nitrogens with one attached hydrogen (secondary N) is 1. The van der Waals surface area contributed by atoms with Crippen molar-refractivity contribution in [2.45, 2.75) is 147 Å². The van der Waals surface area contributed by atoms with Crippen molar-refractivity contribution in [1.82, 2.24) is 0 Å². The number of ether oxygens (including phenoxy) is 11. The van der Waals surface area contributed by atoms with Crippen molar-refractivity contribution < 1.29 is 57.2 Å². The van der Waals surface area contributed by atoms with E-state index in [1.54, 1.807) is 6.92 Å². The Morgan fingerprint density at radius 2 is 1.03 bits per heavy atom. The lowest BCUT2D eigenvalue weighted by atomic mass is 9.97. The molecular formula is C26H43NO12. The van der Waals surface area contributed by atoms with Gasteiger partial charge in [0.25, 0.3) is 0 Å². The Morgan fingerprint density at radius 3 is 1.54 bits per heavy atom. The maximum Gasteiger partial charge on any atom is 0.231 e. The predicted octanol–water partition coefficient (Wildman–Crippen LogP) is 1.77. The zero-order chi connectivity index (χ0) is 28.5. The molecule has 13 heteroatoms. The van der Waals surface area contributed by atoms with Gasteiger partial charge in [-0.3, -0.25) is 5.41 Å². The second kappa shape index (κ2) is 10.1. The largest absolute Gasteiger partial charge is 0.450 e. The SMILES string of the molecule is CC(=N)O[C@H]1O[C@@H]2COC(C)(C)O[C@H]2[C@@H]2OC(C)(C)O[C@H]12.CC1(C)O[C@@H]2[C@H](O1)[C@@H](O)O[C@@H]1COC(C)(C)O[C@@H]21. The van der Waals surface area contributed by atoms with Crippen LogP contribution in [0.4, 0.5) is 0 Å². The van der Waals surface area contributed by atoms with Crippen LogP contribution in [0.2, 0.25) is 0 Å². The Morgan fingerprint density at radius 1 is 0.615 bits per heavy atom. The highest BCUT2D eigenvalue weighted by Crippen LogP contribution is 2.43. The lowest BCUT2D eigenvalue weighted by molar-refractivity contribution is -0.365. The number of aliphatic hydroxyl groups excluding tert-OH is 1. The molecule has 6 heterocycles. The zero-order valence-corrected chi connectivity index (χ0v) is 24.1. The smallest absolute Gasteiger partial charge is 0.231 e. The fourth-order valence-electron chi connectivity index (χ4n) is 5.77. The van der Waals surface area contributed by atoms with Gasteiger partial charge in [-0.25, -0.2) is 0 Å². The minimum Gasteiger partial charge on any atom is -0.450 e. The summed E-state index contributed by atoms with van der Waals surface area (Å²) < 4.78 is 63.2. The number of hydrogen-bond donors (Lipinski definition) is 2. The van der Waals surface area contributed by atoms with Crippen molar-refractivity contribution in [2.75, 3.05) is 13.2 Å². The van der Waals surface area contributed by atoms with Crippen LogP contribution in [0.25, 0.3) is 0 Å². The molecule has 0 saturated carbocycles. The first-order valence-corrected chi connectivity index (χ1v) is 13.5. The summed E-state index contributed by atoms with van der Waals surface area (Å²) >= 11 is 0. The van der Waals surface area contributed by atoms with Gasteiger partial charge >= 0.3 is 0 Å². The Labute approximate surface area is 229 Å². The first-order valence-electron chi connectivity index (χ1n) is 13.5. The summed E-state index contributed by atoms with van der Waals surface area (Å²) in [6.07, 6.45) is -4.51. The van der Waals surface area contributed by atoms with Gasteiger partial charge in [0.15, 0.2) is 41.4 Å². The van der Waals surface area contributed by atoms with E-state index in [-0.39, 0.29) is 42.5 Å². The number of rotatable bonds is 1. The summed E-state index contributed by atoms with van der Waals surface area (Å²) in [6, 6.07) is 0. The maximum absolute atomic E-state index is 9.94. The molecule has 0 radical (unpaired) electrons. The van der Waals surface area contributed by atoms with Crippen LogP contribution in [0.1, 0.15) is 62.3 Å². The Balaban J connectivity index is 0.000000160. The summed E-state index contributed by atoms with van der Waals surface area (Å²) in [6.45, 7) is 17.1. The van der Waals surface area contributed by atoms with Crippen molar-refractivity contribution in [3.05, 3.63) is 0 Å². The van der Waals surface area contributed by atoms with Gasteiger partial charge in [-0.2, -0.15) is 0 Å². The quantitative estimate of drug-likeness (QED) is 0.355. The molecule has 0 amide bonds. The minimum atomic E-state index is -1.01. The summed E-state index contributed by atoms with van der Waals surface area (Å²) in [5.74, 6) is -2.76. The van der Waals surface area contributed by atoms with Crippen LogP contribution in [-0.4, -0.2) is 109 Å². The minimum absolute atomic E-state index is 0.0727. The van der Waals surface area contributed by atoms with Crippen LogP contribution in [-0.2, 0) is 52.1 Å². The van der Waals surface area contributed by atoms with Gasteiger partial charge in [-0.1, -0.05) is 0 Å². The van der Waals surface area contributed by atoms with Crippen molar-refractivity contribution in [2.24, 2.45) is 0 Å². The molecule has 10 atom stereocenters. The van der Waals surface area contributed by atoms with E-state index < -0.39 is 47.9 Å². The van der Waals surface area contributed by atoms with Gasteiger partial charge in [0.1, 0.15) is 42.7 Å². The highest BCUT2D eigenvalue weighted by atomic mass is 16.8. The molecule has 13 nitrogen and oxygen atoms in total. The standard InChI is InChI=1S/C14H23NO6.C12H20O6/c1-7(15)17-12-11-10(20-14(4,5)21-11)9-8(18-12)6-16-13(2,3)19-9;1-11(2)14-5-6-7(16-11)8-9(10(13)15-6)18-12(3,4)17-8/h8-12,15H,6H2,1-5H3;6-10,13H,5H2,1-4H3/t8-,9-,10+,11+,12+;6-,7-,8+,9+,10+/m11/s1. The molecule has 0 aromatic rings. The third-order valence-electron chi connectivity index (χ3n) is 7.20. The summed E-state index contributed by atoms with van der Waals surface area (Å²) in [5.41, 5.74) is 0. The Hall–Kier alpha value is -0.970. The van der Waals surface area contributed by atoms with E-state index in [0.29, 0.717) is 13.2 Å². The maximum atomic E-state index is 9.94. The van der Waals surface area contributed by atoms with E-state index in [9.17, 15) is 5.11 Å². The second-order valence-electron chi connectivity index (χ2n) is 12.5. The summed E-state index contributed by atoms with van der Waals surface area (Å²) in [7, 11) is 0. The van der Waals surface area contributed by atoms with E-state index in [2.05, 4.69) is 0 Å². The van der Waals surface area contributed by atoms with E-state index in [1.165, 1.54) is 0 Å². The second-order valence-corrected chi connectivity index (χ2v) is 12.5. The molecule has 6 aliphatic heterocycles. The molecule has 0 aliphatic carbocycles. The average molecular weight is 562 g/mol. The van der Waals surface area contributed by atoms with Gasteiger partial charge < -0.3 is 57.2 Å². The van der Waals surface area contributed by atoms with Gasteiger partial charge in [0.2, 0.25) is 6.29 Å². The highest BCUT2D eigenvalue weighted by Gasteiger charge is 2.60. The molecular weight excluding hydrogens is 518 g/mol. The fraction of sp³-hybridized carbons (Fsp3) is 0.962. The third kappa shape index (κ3) is 6.28. The Bertz CT molecular complexity index is 925. The number of fused-ring (bicyclic) bond motifs is 6. The van der Waals surface area contributed by atoms with Crippen LogP contribution in [0.15, 0.2) is 0 Å². The lowest BCUT2D eigenvalue weighted by Gasteiger charge is -2.48. The van der Waals surface area contributed by atoms with Crippen molar-refractivity contribution in [3.63, 3.8) is 0 Å². The van der Waals surface area contributed by atoms with Gasteiger partial charge in [-0.05, 0) is 55.4 Å². The normalized spacial score (nSPS) is 46.4. The lowest BCUT2D eigenvalue weighted by Crippen LogP contribution is -2.64. The molecule has 6 saturated heterocycles. The van der Waals surface area contributed by atoms with Crippen LogP contribution in [0, 0.1) is 5.41 Å². The monoisotopic (exact) mass is 561 g/mol. The highest BCUT2D eigenvalue weighted by molar-refractivity contribution is 5.69. The van der Waals surface area contributed by atoms with Gasteiger partial charge in [0, 0.05) is 6.92 Å². The van der Waals surface area contributed by atoms with Crippen LogP contribution < -0.4 is 0 Å². The average Bonchev–Trinajstić information content (AvgIpc) is 3.30. The molecule has 6 rings (SSSR count). The molecule has 0 aromatic carbocycles. The van der Waals surface area contributed by atoms with Crippen LogP contribution in [0.5, 0.6) is 0 Å². The first-order chi connectivity index (χ1) is 17.9.